The lowest BCUT2D eigenvalue weighted by Gasteiger charge is -2.29. The van der Waals surface area contributed by atoms with Crippen LogP contribution in [0.3, 0.4) is 0 Å². The molecule has 0 spiro atoms. The van der Waals surface area contributed by atoms with Crippen LogP contribution in [0.25, 0.3) is 0 Å². The quantitative estimate of drug-likeness (QED) is 0.689. The summed E-state index contributed by atoms with van der Waals surface area (Å²) in [7, 11) is 1.61. The molecule has 2 aromatic rings. The van der Waals surface area contributed by atoms with E-state index in [1.807, 2.05) is 54.6 Å². The molecule has 0 heterocycles. The van der Waals surface area contributed by atoms with E-state index in [1.54, 1.807) is 7.11 Å². The minimum Gasteiger partial charge on any atom is -0.496 e. The van der Waals surface area contributed by atoms with E-state index in [-0.39, 0.29) is 11.9 Å². The van der Waals surface area contributed by atoms with Crippen LogP contribution in [-0.2, 0) is 17.9 Å². The van der Waals surface area contributed by atoms with Gasteiger partial charge in [0.05, 0.1) is 7.11 Å². The molecule has 1 fully saturated rings. The molecule has 0 saturated heterocycles. The van der Waals surface area contributed by atoms with Crippen molar-refractivity contribution in [1.82, 2.24) is 16.0 Å². The number of hydrogen-bond acceptors (Lipinski definition) is 3. The standard InChI is InChI=1S/C22H27N3O3/c1-28-19-12-6-5-11-18(19)16-23-20(26)22(13-7-8-14-22)25-21(27)24-15-17-9-3-2-4-10-17/h2-6,9-12H,7-8,13-16H2,1H3,(H,23,26)(H2,24,25,27). The molecule has 2 aromatic carbocycles. The summed E-state index contributed by atoms with van der Waals surface area (Å²) in [6.07, 6.45) is 3.12. The van der Waals surface area contributed by atoms with Gasteiger partial charge in [-0.2, -0.15) is 0 Å². The van der Waals surface area contributed by atoms with Crippen LogP contribution in [0, 0.1) is 0 Å². The Bertz CT molecular complexity index is 802. The number of nitrogens with one attached hydrogen (secondary N) is 3. The maximum atomic E-state index is 13.0. The summed E-state index contributed by atoms with van der Waals surface area (Å²) < 4.78 is 5.34. The molecule has 1 aliphatic carbocycles. The summed E-state index contributed by atoms with van der Waals surface area (Å²) in [6.45, 7) is 0.781. The molecule has 0 aliphatic heterocycles. The molecule has 3 amide bonds. The molecule has 3 rings (SSSR count). The predicted octanol–water partition coefficient (Wildman–Crippen LogP) is 3.12. The Balaban J connectivity index is 1.59. The maximum Gasteiger partial charge on any atom is 0.315 e. The number of urea groups is 1. The highest BCUT2D eigenvalue weighted by Gasteiger charge is 2.42. The van der Waals surface area contributed by atoms with Gasteiger partial charge >= 0.3 is 6.03 Å². The van der Waals surface area contributed by atoms with Gasteiger partial charge in [0.2, 0.25) is 5.91 Å². The first-order valence-corrected chi connectivity index (χ1v) is 9.63. The summed E-state index contributed by atoms with van der Waals surface area (Å²) >= 11 is 0. The molecule has 0 atom stereocenters. The summed E-state index contributed by atoms with van der Waals surface area (Å²) in [5.74, 6) is 0.586. The van der Waals surface area contributed by atoms with Crippen LogP contribution in [0.5, 0.6) is 5.75 Å². The zero-order valence-corrected chi connectivity index (χ0v) is 16.2. The average Bonchev–Trinajstić information content (AvgIpc) is 3.21. The molecule has 148 valence electrons. The van der Waals surface area contributed by atoms with Gasteiger partial charge < -0.3 is 20.7 Å². The van der Waals surface area contributed by atoms with Gasteiger partial charge in [-0.15, -0.1) is 0 Å². The van der Waals surface area contributed by atoms with E-state index >= 15 is 0 Å². The van der Waals surface area contributed by atoms with Gasteiger partial charge in [0, 0.05) is 18.7 Å². The van der Waals surface area contributed by atoms with Crippen molar-refractivity contribution in [3.63, 3.8) is 0 Å². The van der Waals surface area contributed by atoms with Crippen molar-refractivity contribution in [2.75, 3.05) is 7.11 Å². The average molecular weight is 381 g/mol. The van der Waals surface area contributed by atoms with Crippen LogP contribution in [0.4, 0.5) is 4.79 Å². The van der Waals surface area contributed by atoms with E-state index in [0.29, 0.717) is 25.9 Å². The van der Waals surface area contributed by atoms with Gasteiger partial charge in [0.25, 0.3) is 0 Å². The lowest BCUT2D eigenvalue weighted by atomic mass is 9.96. The molecule has 6 nitrogen and oxygen atoms in total. The third-order valence-electron chi connectivity index (χ3n) is 5.17. The first-order chi connectivity index (χ1) is 13.6. The Morgan fingerprint density at radius 1 is 0.929 bits per heavy atom. The number of ether oxygens (including phenoxy) is 1. The molecular weight excluding hydrogens is 354 g/mol. The predicted molar refractivity (Wildman–Crippen MR) is 108 cm³/mol. The van der Waals surface area contributed by atoms with E-state index in [4.69, 9.17) is 4.74 Å². The number of carbonyl (C=O) groups is 2. The van der Waals surface area contributed by atoms with Gasteiger partial charge in [-0.1, -0.05) is 61.4 Å². The highest BCUT2D eigenvalue weighted by Crippen LogP contribution is 2.30. The molecule has 6 heteroatoms. The second-order valence-corrected chi connectivity index (χ2v) is 7.08. The van der Waals surface area contributed by atoms with E-state index in [1.165, 1.54) is 0 Å². The molecular formula is C22H27N3O3. The van der Waals surface area contributed by atoms with Crippen LogP contribution in [0.1, 0.15) is 36.8 Å². The van der Waals surface area contributed by atoms with Gasteiger partial charge in [0.1, 0.15) is 11.3 Å². The normalized spacial score (nSPS) is 14.9. The first-order valence-electron chi connectivity index (χ1n) is 9.63. The van der Waals surface area contributed by atoms with E-state index in [9.17, 15) is 9.59 Å². The second-order valence-electron chi connectivity index (χ2n) is 7.08. The summed E-state index contributed by atoms with van der Waals surface area (Å²) in [5.41, 5.74) is 1.06. The molecule has 0 aromatic heterocycles. The van der Waals surface area contributed by atoms with Crippen LogP contribution in [0.2, 0.25) is 0 Å². The van der Waals surface area contributed by atoms with Gasteiger partial charge in [0.15, 0.2) is 0 Å². The van der Waals surface area contributed by atoms with Crippen molar-refractivity contribution in [3.05, 3.63) is 65.7 Å². The third kappa shape index (κ3) is 4.82. The van der Waals surface area contributed by atoms with Crippen molar-refractivity contribution in [2.45, 2.75) is 44.3 Å². The summed E-state index contributed by atoms with van der Waals surface area (Å²) in [4.78, 5) is 25.4. The lowest BCUT2D eigenvalue weighted by molar-refractivity contribution is -0.127. The van der Waals surface area contributed by atoms with Crippen LogP contribution >= 0.6 is 0 Å². The number of benzene rings is 2. The summed E-state index contributed by atoms with van der Waals surface area (Å²) in [5, 5.41) is 8.76. The van der Waals surface area contributed by atoms with Crippen molar-refractivity contribution in [2.24, 2.45) is 0 Å². The fourth-order valence-electron chi connectivity index (χ4n) is 3.62. The fraction of sp³-hybridized carbons (Fsp3) is 0.364. The van der Waals surface area contributed by atoms with Crippen LogP contribution < -0.4 is 20.7 Å². The Hall–Kier alpha value is -3.02. The molecule has 3 N–H and O–H groups in total. The topological polar surface area (TPSA) is 79.5 Å². The number of rotatable bonds is 7. The van der Waals surface area contributed by atoms with Crippen molar-refractivity contribution >= 4 is 11.9 Å². The smallest absolute Gasteiger partial charge is 0.315 e. The van der Waals surface area contributed by atoms with E-state index in [0.717, 1.165) is 29.7 Å². The van der Waals surface area contributed by atoms with Crippen molar-refractivity contribution < 1.29 is 14.3 Å². The SMILES string of the molecule is COc1ccccc1CNC(=O)C1(NC(=O)NCc2ccccc2)CCCC1. The zero-order valence-electron chi connectivity index (χ0n) is 16.2. The summed E-state index contributed by atoms with van der Waals surface area (Å²) in [6, 6.07) is 16.9. The monoisotopic (exact) mass is 381 g/mol. The van der Waals surface area contributed by atoms with Crippen LogP contribution in [0.15, 0.2) is 54.6 Å². The second kappa shape index (κ2) is 9.26. The highest BCUT2D eigenvalue weighted by molar-refractivity contribution is 5.91. The zero-order chi connectivity index (χ0) is 19.8. The van der Waals surface area contributed by atoms with Crippen molar-refractivity contribution in [1.29, 1.82) is 0 Å². The number of methoxy groups -OCH3 is 1. The first kappa shape index (κ1) is 19.7. The number of amides is 3. The van der Waals surface area contributed by atoms with Crippen LogP contribution in [-0.4, -0.2) is 24.6 Å². The molecule has 0 unspecified atom stereocenters. The van der Waals surface area contributed by atoms with Gasteiger partial charge in [-0.05, 0) is 24.5 Å². The van der Waals surface area contributed by atoms with E-state index < -0.39 is 5.54 Å². The Morgan fingerprint density at radius 2 is 1.61 bits per heavy atom. The Morgan fingerprint density at radius 3 is 2.32 bits per heavy atom. The van der Waals surface area contributed by atoms with Crippen molar-refractivity contribution in [3.8, 4) is 5.75 Å². The minimum atomic E-state index is -0.858. The molecule has 28 heavy (non-hydrogen) atoms. The number of para-hydroxylation sites is 1. The Labute approximate surface area is 165 Å². The number of hydrogen-bond donors (Lipinski definition) is 3. The maximum absolute atomic E-state index is 13.0. The Kier molecular flexibility index (Phi) is 6.53. The largest absolute Gasteiger partial charge is 0.496 e. The fourth-order valence-corrected chi connectivity index (χ4v) is 3.62. The molecule has 1 saturated carbocycles. The third-order valence-corrected chi connectivity index (χ3v) is 5.17. The molecule has 0 bridgehead atoms. The number of carbonyl (C=O) groups excluding carboxylic acids is 2. The van der Waals surface area contributed by atoms with Gasteiger partial charge in [-0.25, -0.2) is 4.79 Å². The highest BCUT2D eigenvalue weighted by atomic mass is 16.5. The molecule has 1 aliphatic rings. The van der Waals surface area contributed by atoms with Gasteiger partial charge in [-0.3, -0.25) is 4.79 Å². The lowest BCUT2D eigenvalue weighted by Crippen LogP contribution is -2.59. The van der Waals surface area contributed by atoms with E-state index in [2.05, 4.69) is 16.0 Å². The minimum absolute atomic E-state index is 0.147. The molecule has 0 radical (unpaired) electrons.